The van der Waals surface area contributed by atoms with E-state index in [-0.39, 0.29) is 0 Å². The Hall–Kier alpha value is -1.00. The van der Waals surface area contributed by atoms with Crippen molar-refractivity contribution in [2.45, 2.75) is 32.3 Å². The zero-order valence-electron chi connectivity index (χ0n) is 9.62. The predicted molar refractivity (Wildman–Crippen MR) is 60.4 cm³/mol. The Bertz CT molecular complexity index is 399. The van der Waals surface area contributed by atoms with Gasteiger partial charge in [-0.1, -0.05) is 0 Å². The fourth-order valence-electron chi connectivity index (χ4n) is 2.47. The number of hydrogen-bond acceptors (Lipinski definition) is 4. The van der Waals surface area contributed by atoms with Crippen LogP contribution >= 0.6 is 0 Å². The predicted octanol–water partition coefficient (Wildman–Crippen LogP) is 0.935. The molecule has 1 unspecified atom stereocenters. The van der Waals surface area contributed by atoms with Gasteiger partial charge in [0, 0.05) is 30.1 Å². The molecule has 0 aromatic carbocycles. The molecule has 0 bridgehead atoms. The van der Waals surface area contributed by atoms with Crippen molar-refractivity contribution in [1.82, 2.24) is 15.3 Å². The highest BCUT2D eigenvalue weighted by Gasteiger charge is 2.23. The second kappa shape index (κ2) is 4.11. The third-order valence-corrected chi connectivity index (χ3v) is 3.47. The van der Waals surface area contributed by atoms with Crippen molar-refractivity contribution in [2.24, 2.45) is 0 Å². The first-order valence-corrected chi connectivity index (χ1v) is 5.99. The first-order valence-electron chi connectivity index (χ1n) is 5.99. The third-order valence-electron chi connectivity index (χ3n) is 3.47. The normalized spacial score (nSPS) is 24.4. The minimum atomic E-state index is 0.506. The SMILES string of the molecule is Cc1nc(C2CCNC2)nc2c1COCC2. The molecule has 3 rings (SSSR count). The van der Waals surface area contributed by atoms with Crippen molar-refractivity contribution in [1.29, 1.82) is 0 Å². The Morgan fingerprint density at radius 1 is 1.38 bits per heavy atom. The number of nitrogens with zero attached hydrogens (tertiary/aromatic N) is 2. The molecule has 2 aliphatic rings. The molecule has 4 nitrogen and oxygen atoms in total. The van der Waals surface area contributed by atoms with Crippen LogP contribution in [0.4, 0.5) is 0 Å². The van der Waals surface area contributed by atoms with Crippen LogP contribution in [0.2, 0.25) is 0 Å². The number of ether oxygens (including phenoxy) is 1. The zero-order chi connectivity index (χ0) is 11.0. The maximum atomic E-state index is 5.45. The summed E-state index contributed by atoms with van der Waals surface area (Å²) in [6.07, 6.45) is 2.10. The Morgan fingerprint density at radius 3 is 3.12 bits per heavy atom. The van der Waals surface area contributed by atoms with Crippen LogP contribution in [0.3, 0.4) is 0 Å². The fraction of sp³-hybridized carbons (Fsp3) is 0.667. The van der Waals surface area contributed by atoms with Gasteiger partial charge in [-0.2, -0.15) is 0 Å². The van der Waals surface area contributed by atoms with Gasteiger partial charge in [0.25, 0.3) is 0 Å². The Labute approximate surface area is 95.4 Å². The van der Waals surface area contributed by atoms with Gasteiger partial charge in [0.05, 0.1) is 18.9 Å². The largest absolute Gasteiger partial charge is 0.376 e. The smallest absolute Gasteiger partial charge is 0.133 e. The van der Waals surface area contributed by atoms with Crippen LogP contribution in [0.5, 0.6) is 0 Å². The summed E-state index contributed by atoms with van der Waals surface area (Å²) in [5.74, 6) is 1.54. The summed E-state index contributed by atoms with van der Waals surface area (Å²) in [6, 6.07) is 0. The van der Waals surface area contributed by atoms with Crippen LogP contribution in [-0.4, -0.2) is 29.7 Å². The number of aryl methyl sites for hydroxylation is 1. The molecule has 0 saturated carbocycles. The molecule has 2 aliphatic heterocycles. The van der Waals surface area contributed by atoms with E-state index in [0.717, 1.165) is 44.1 Å². The van der Waals surface area contributed by atoms with Gasteiger partial charge in [-0.15, -0.1) is 0 Å². The molecule has 1 aromatic heterocycles. The molecule has 1 N–H and O–H groups in total. The van der Waals surface area contributed by atoms with E-state index in [4.69, 9.17) is 9.72 Å². The van der Waals surface area contributed by atoms with E-state index in [2.05, 4.69) is 17.2 Å². The van der Waals surface area contributed by atoms with Gasteiger partial charge in [0.15, 0.2) is 0 Å². The van der Waals surface area contributed by atoms with Crippen LogP contribution in [0.25, 0.3) is 0 Å². The summed E-state index contributed by atoms with van der Waals surface area (Å²) in [5, 5.41) is 3.37. The maximum absolute atomic E-state index is 5.45. The summed E-state index contributed by atoms with van der Waals surface area (Å²) < 4.78 is 5.45. The first kappa shape index (κ1) is 10.2. The number of rotatable bonds is 1. The molecule has 0 amide bonds. The zero-order valence-corrected chi connectivity index (χ0v) is 9.62. The Balaban J connectivity index is 1.97. The van der Waals surface area contributed by atoms with Gasteiger partial charge < -0.3 is 10.1 Å². The molecule has 4 heteroatoms. The third kappa shape index (κ3) is 1.72. The molecule has 0 spiro atoms. The van der Waals surface area contributed by atoms with Gasteiger partial charge >= 0.3 is 0 Å². The van der Waals surface area contributed by atoms with E-state index in [1.165, 1.54) is 11.3 Å². The number of hydrogen-bond donors (Lipinski definition) is 1. The van der Waals surface area contributed by atoms with Gasteiger partial charge in [-0.25, -0.2) is 9.97 Å². The Kier molecular flexibility index (Phi) is 2.61. The van der Waals surface area contributed by atoms with Crippen molar-refractivity contribution in [3.05, 3.63) is 22.8 Å². The molecule has 1 saturated heterocycles. The lowest BCUT2D eigenvalue weighted by atomic mass is 10.0. The molecule has 1 aromatic rings. The lowest BCUT2D eigenvalue weighted by Gasteiger charge is -2.19. The monoisotopic (exact) mass is 219 g/mol. The molecular formula is C12H17N3O. The van der Waals surface area contributed by atoms with Gasteiger partial charge in [0.1, 0.15) is 5.82 Å². The minimum absolute atomic E-state index is 0.506. The van der Waals surface area contributed by atoms with Crippen LogP contribution in [0.1, 0.15) is 35.1 Å². The van der Waals surface area contributed by atoms with E-state index in [9.17, 15) is 0 Å². The van der Waals surface area contributed by atoms with Gasteiger partial charge in [0.2, 0.25) is 0 Å². The average Bonchev–Trinajstić information content (AvgIpc) is 2.82. The lowest BCUT2D eigenvalue weighted by molar-refractivity contribution is 0.108. The van der Waals surface area contributed by atoms with E-state index in [1.807, 2.05) is 0 Å². The number of nitrogens with one attached hydrogen (secondary N) is 1. The van der Waals surface area contributed by atoms with Crippen molar-refractivity contribution in [3.63, 3.8) is 0 Å². The van der Waals surface area contributed by atoms with E-state index in [0.29, 0.717) is 12.5 Å². The van der Waals surface area contributed by atoms with Crippen molar-refractivity contribution >= 4 is 0 Å². The van der Waals surface area contributed by atoms with Gasteiger partial charge in [-0.3, -0.25) is 0 Å². The van der Waals surface area contributed by atoms with Crippen molar-refractivity contribution in [3.8, 4) is 0 Å². The van der Waals surface area contributed by atoms with Gasteiger partial charge in [-0.05, 0) is 19.9 Å². The first-order chi connectivity index (χ1) is 7.84. The molecule has 0 aliphatic carbocycles. The van der Waals surface area contributed by atoms with E-state index in [1.54, 1.807) is 0 Å². The minimum Gasteiger partial charge on any atom is -0.376 e. The molecule has 86 valence electrons. The van der Waals surface area contributed by atoms with Crippen LogP contribution in [0.15, 0.2) is 0 Å². The second-order valence-corrected chi connectivity index (χ2v) is 4.58. The van der Waals surface area contributed by atoms with Crippen molar-refractivity contribution in [2.75, 3.05) is 19.7 Å². The molecular weight excluding hydrogens is 202 g/mol. The fourth-order valence-corrected chi connectivity index (χ4v) is 2.47. The van der Waals surface area contributed by atoms with E-state index < -0.39 is 0 Å². The number of aromatic nitrogens is 2. The second-order valence-electron chi connectivity index (χ2n) is 4.58. The molecule has 16 heavy (non-hydrogen) atoms. The Morgan fingerprint density at radius 2 is 2.31 bits per heavy atom. The number of fused-ring (bicyclic) bond motifs is 1. The topological polar surface area (TPSA) is 47.0 Å². The quantitative estimate of drug-likeness (QED) is 0.763. The lowest BCUT2D eigenvalue weighted by Crippen LogP contribution is -2.18. The standard InChI is InChI=1S/C12H17N3O/c1-8-10-7-16-5-3-11(10)15-12(14-8)9-2-4-13-6-9/h9,13H,2-7H2,1H3. The highest BCUT2D eigenvalue weighted by molar-refractivity contribution is 5.27. The summed E-state index contributed by atoms with van der Waals surface area (Å²) in [7, 11) is 0. The average molecular weight is 219 g/mol. The summed E-state index contributed by atoms with van der Waals surface area (Å²) >= 11 is 0. The van der Waals surface area contributed by atoms with Crippen LogP contribution in [0, 0.1) is 6.92 Å². The summed E-state index contributed by atoms with van der Waals surface area (Å²) in [6.45, 7) is 5.67. The maximum Gasteiger partial charge on any atom is 0.133 e. The van der Waals surface area contributed by atoms with Crippen molar-refractivity contribution < 1.29 is 4.74 Å². The highest BCUT2D eigenvalue weighted by atomic mass is 16.5. The molecule has 1 atom stereocenters. The highest BCUT2D eigenvalue weighted by Crippen LogP contribution is 2.23. The molecule has 3 heterocycles. The molecule has 1 fully saturated rings. The van der Waals surface area contributed by atoms with E-state index >= 15 is 0 Å². The summed E-state index contributed by atoms with van der Waals surface area (Å²) in [5.41, 5.74) is 3.52. The molecule has 0 radical (unpaired) electrons. The summed E-state index contributed by atoms with van der Waals surface area (Å²) in [4.78, 5) is 9.36. The van der Waals surface area contributed by atoms with Crippen LogP contribution < -0.4 is 5.32 Å². The van der Waals surface area contributed by atoms with Crippen LogP contribution in [-0.2, 0) is 17.8 Å².